The van der Waals surface area contributed by atoms with Crippen molar-refractivity contribution in [1.82, 2.24) is 4.90 Å². The molecule has 0 radical (unpaired) electrons. The van der Waals surface area contributed by atoms with Crippen molar-refractivity contribution in [2.75, 3.05) is 18.4 Å². The van der Waals surface area contributed by atoms with Gasteiger partial charge in [-0.25, -0.2) is 0 Å². The average Bonchev–Trinajstić information content (AvgIpc) is 3.14. The van der Waals surface area contributed by atoms with Gasteiger partial charge in [0.25, 0.3) is 5.91 Å². The number of nitrogens with zero attached hydrogens (tertiary/aromatic N) is 1. The van der Waals surface area contributed by atoms with Gasteiger partial charge >= 0.3 is 5.97 Å². The third kappa shape index (κ3) is 4.59. The standard InChI is InChI=1S/C20H22N2O3/c23-19(24)13-16-4-3-5-18(12-16)21-14-15-6-8-17(9-7-15)20(25)22-10-1-2-11-22/h3-9,12,21H,1-2,10-11,13-14H2,(H,23,24). The summed E-state index contributed by atoms with van der Waals surface area (Å²) in [7, 11) is 0. The molecule has 1 aliphatic rings. The van der Waals surface area contributed by atoms with Gasteiger partial charge in [0, 0.05) is 30.9 Å². The number of rotatable bonds is 6. The molecule has 130 valence electrons. The van der Waals surface area contributed by atoms with E-state index >= 15 is 0 Å². The van der Waals surface area contributed by atoms with Crippen molar-refractivity contribution < 1.29 is 14.7 Å². The monoisotopic (exact) mass is 338 g/mol. The Balaban J connectivity index is 1.58. The minimum Gasteiger partial charge on any atom is -0.481 e. The highest BCUT2D eigenvalue weighted by Gasteiger charge is 2.19. The van der Waals surface area contributed by atoms with Gasteiger partial charge in [-0.1, -0.05) is 24.3 Å². The number of aliphatic carboxylic acids is 1. The molecule has 0 aliphatic carbocycles. The second kappa shape index (κ2) is 7.83. The molecule has 1 aliphatic heterocycles. The second-order valence-corrected chi connectivity index (χ2v) is 6.32. The Hall–Kier alpha value is -2.82. The van der Waals surface area contributed by atoms with Crippen molar-refractivity contribution in [2.45, 2.75) is 25.8 Å². The van der Waals surface area contributed by atoms with E-state index in [1.54, 1.807) is 6.07 Å². The van der Waals surface area contributed by atoms with Crippen LogP contribution in [0.2, 0.25) is 0 Å². The van der Waals surface area contributed by atoms with Crippen LogP contribution in [0.3, 0.4) is 0 Å². The fraction of sp³-hybridized carbons (Fsp3) is 0.300. The maximum absolute atomic E-state index is 12.3. The van der Waals surface area contributed by atoms with Crippen molar-refractivity contribution in [3.8, 4) is 0 Å². The number of benzene rings is 2. The molecule has 2 aromatic rings. The Morgan fingerprint density at radius 2 is 1.72 bits per heavy atom. The summed E-state index contributed by atoms with van der Waals surface area (Å²) >= 11 is 0. The molecule has 25 heavy (non-hydrogen) atoms. The summed E-state index contributed by atoms with van der Waals surface area (Å²) in [4.78, 5) is 25.0. The Bertz CT molecular complexity index is 750. The van der Waals surface area contributed by atoms with Gasteiger partial charge < -0.3 is 15.3 Å². The highest BCUT2D eigenvalue weighted by Crippen LogP contribution is 2.15. The lowest BCUT2D eigenvalue weighted by Gasteiger charge is -2.15. The number of anilines is 1. The van der Waals surface area contributed by atoms with Crippen LogP contribution in [0.4, 0.5) is 5.69 Å². The third-order valence-corrected chi connectivity index (χ3v) is 4.37. The topological polar surface area (TPSA) is 69.6 Å². The third-order valence-electron chi connectivity index (χ3n) is 4.37. The molecule has 1 amide bonds. The molecule has 0 aromatic heterocycles. The minimum atomic E-state index is -0.838. The molecular formula is C20H22N2O3. The summed E-state index contributed by atoms with van der Waals surface area (Å²) in [5.41, 5.74) is 3.45. The fourth-order valence-electron chi connectivity index (χ4n) is 3.04. The molecule has 2 N–H and O–H groups in total. The SMILES string of the molecule is O=C(O)Cc1cccc(NCc2ccc(C(=O)N3CCCC3)cc2)c1. The van der Waals surface area contributed by atoms with Crippen LogP contribution in [0.15, 0.2) is 48.5 Å². The molecule has 5 heteroatoms. The van der Waals surface area contributed by atoms with Gasteiger partial charge in [0.05, 0.1) is 6.42 Å². The first-order chi connectivity index (χ1) is 12.1. The van der Waals surface area contributed by atoms with Crippen molar-refractivity contribution in [2.24, 2.45) is 0 Å². The summed E-state index contributed by atoms with van der Waals surface area (Å²) in [5.74, 6) is -0.728. The minimum absolute atomic E-state index is 0.0167. The number of amides is 1. The Morgan fingerprint density at radius 1 is 1.00 bits per heavy atom. The summed E-state index contributed by atoms with van der Waals surface area (Å²) in [6.45, 7) is 2.33. The van der Waals surface area contributed by atoms with Gasteiger partial charge in [-0.15, -0.1) is 0 Å². The second-order valence-electron chi connectivity index (χ2n) is 6.32. The zero-order chi connectivity index (χ0) is 17.6. The van der Waals surface area contributed by atoms with E-state index in [2.05, 4.69) is 5.32 Å². The lowest BCUT2D eigenvalue weighted by atomic mass is 10.1. The number of hydrogen-bond donors (Lipinski definition) is 2. The smallest absolute Gasteiger partial charge is 0.307 e. The zero-order valence-electron chi connectivity index (χ0n) is 14.1. The normalized spacial score (nSPS) is 13.7. The Kier molecular flexibility index (Phi) is 5.33. The largest absolute Gasteiger partial charge is 0.481 e. The van der Waals surface area contributed by atoms with Crippen LogP contribution in [-0.2, 0) is 17.8 Å². The van der Waals surface area contributed by atoms with Crippen molar-refractivity contribution in [3.05, 3.63) is 65.2 Å². The molecule has 0 spiro atoms. The molecule has 0 unspecified atom stereocenters. The molecule has 1 fully saturated rings. The van der Waals surface area contributed by atoms with Crippen molar-refractivity contribution in [3.63, 3.8) is 0 Å². The van der Waals surface area contributed by atoms with Crippen LogP contribution in [0.1, 0.15) is 34.3 Å². The number of carboxylic acid groups (broad SMARTS) is 1. The summed E-state index contributed by atoms with van der Waals surface area (Å²) in [6, 6.07) is 15.1. The number of likely N-dealkylation sites (tertiary alicyclic amines) is 1. The van der Waals surface area contributed by atoms with Crippen LogP contribution in [0.5, 0.6) is 0 Å². The molecule has 3 rings (SSSR count). The molecular weight excluding hydrogens is 316 g/mol. The van der Waals surface area contributed by atoms with E-state index in [9.17, 15) is 9.59 Å². The van der Waals surface area contributed by atoms with Gasteiger partial charge in [0.15, 0.2) is 0 Å². The van der Waals surface area contributed by atoms with E-state index in [-0.39, 0.29) is 12.3 Å². The summed E-state index contributed by atoms with van der Waals surface area (Å²) in [6.07, 6.45) is 2.20. The molecule has 2 aromatic carbocycles. The number of hydrogen-bond acceptors (Lipinski definition) is 3. The number of nitrogens with one attached hydrogen (secondary N) is 1. The highest BCUT2D eigenvalue weighted by molar-refractivity contribution is 5.94. The van der Waals surface area contributed by atoms with Crippen molar-refractivity contribution in [1.29, 1.82) is 0 Å². The van der Waals surface area contributed by atoms with E-state index in [0.717, 1.165) is 48.3 Å². The number of carbonyl (C=O) groups excluding carboxylic acids is 1. The van der Waals surface area contributed by atoms with Gasteiger partial charge in [0.1, 0.15) is 0 Å². The maximum Gasteiger partial charge on any atom is 0.307 e. The predicted octanol–water partition coefficient (Wildman–Crippen LogP) is 3.16. The van der Waals surface area contributed by atoms with Crippen LogP contribution in [0, 0.1) is 0 Å². The van der Waals surface area contributed by atoms with E-state index in [1.807, 2.05) is 47.4 Å². The lowest BCUT2D eigenvalue weighted by molar-refractivity contribution is -0.136. The first-order valence-corrected chi connectivity index (χ1v) is 8.54. The van der Waals surface area contributed by atoms with Gasteiger partial charge in [-0.2, -0.15) is 0 Å². The quantitative estimate of drug-likeness (QED) is 0.849. The molecule has 0 atom stereocenters. The molecule has 1 saturated heterocycles. The highest BCUT2D eigenvalue weighted by atomic mass is 16.4. The predicted molar refractivity (Wildman–Crippen MR) is 96.7 cm³/mol. The maximum atomic E-state index is 12.3. The van der Waals surface area contributed by atoms with E-state index < -0.39 is 5.97 Å². The van der Waals surface area contributed by atoms with Crippen LogP contribution in [-0.4, -0.2) is 35.0 Å². The van der Waals surface area contributed by atoms with Gasteiger partial charge in [-0.05, 0) is 48.2 Å². The Morgan fingerprint density at radius 3 is 2.40 bits per heavy atom. The fourth-order valence-corrected chi connectivity index (χ4v) is 3.04. The average molecular weight is 338 g/mol. The summed E-state index contributed by atoms with van der Waals surface area (Å²) in [5, 5.41) is 12.2. The van der Waals surface area contributed by atoms with E-state index in [0.29, 0.717) is 6.54 Å². The van der Waals surface area contributed by atoms with Crippen LogP contribution in [0.25, 0.3) is 0 Å². The van der Waals surface area contributed by atoms with E-state index in [1.165, 1.54) is 0 Å². The summed E-state index contributed by atoms with van der Waals surface area (Å²) < 4.78 is 0. The van der Waals surface area contributed by atoms with Crippen LogP contribution >= 0.6 is 0 Å². The lowest BCUT2D eigenvalue weighted by Crippen LogP contribution is -2.27. The first-order valence-electron chi connectivity index (χ1n) is 8.54. The van der Waals surface area contributed by atoms with Gasteiger partial charge in [-0.3, -0.25) is 9.59 Å². The molecule has 0 bridgehead atoms. The molecule has 1 heterocycles. The number of carboxylic acids is 1. The zero-order valence-corrected chi connectivity index (χ0v) is 14.1. The van der Waals surface area contributed by atoms with E-state index in [4.69, 9.17) is 5.11 Å². The molecule has 5 nitrogen and oxygen atoms in total. The van der Waals surface area contributed by atoms with Gasteiger partial charge in [0.2, 0.25) is 0 Å². The first kappa shape index (κ1) is 17.0. The van der Waals surface area contributed by atoms with Crippen LogP contribution < -0.4 is 5.32 Å². The Labute approximate surface area is 147 Å². The number of carbonyl (C=O) groups is 2. The molecule has 0 saturated carbocycles. The van der Waals surface area contributed by atoms with Crippen molar-refractivity contribution >= 4 is 17.6 Å².